The molecule has 0 aromatic carbocycles. The van der Waals surface area contributed by atoms with Gasteiger partial charge in [0.05, 0.1) is 0 Å². The minimum absolute atomic E-state index is 0.275. The highest BCUT2D eigenvalue weighted by Gasteiger charge is 2.24. The minimum atomic E-state index is 0.275. The molecule has 0 atom stereocenters. The second-order valence-corrected chi connectivity index (χ2v) is 5.12. The predicted octanol–water partition coefficient (Wildman–Crippen LogP) is 3.88. The molecular formula is C12H20ClNS. The Labute approximate surface area is 102 Å². The van der Waals surface area contributed by atoms with Crippen LogP contribution in [-0.4, -0.2) is 12.4 Å². The van der Waals surface area contributed by atoms with Gasteiger partial charge in [0.15, 0.2) is 0 Å². The summed E-state index contributed by atoms with van der Waals surface area (Å²) in [6.07, 6.45) is 2.28. The number of thiophene rings is 1. The third-order valence-corrected chi connectivity index (χ3v) is 4.49. The van der Waals surface area contributed by atoms with Gasteiger partial charge in [-0.3, -0.25) is 0 Å². The Morgan fingerprint density at radius 2 is 2.13 bits per heavy atom. The van der Waals surface area contributed by atoms with Gasteiger partial charge in [0.1, 0.15) is 0 Å². The summed E-state index contributed by atoms with van der Waals surface area (Å²) in [7, 11) is 0. The van der Waals surface area contributed by atoms with Gasteiger partial charge >= 0.3 is 0 Å². The van der Waals surface area contributed by atoms with E-state index in [4.69, 9.17) is 11.6 Å². The van der Waals surface area contributed by atoms with Gasteiger partial charge in [-0.05, 0) is 40.6 Å². The van der Waals surface area contributed by atoms with Crippen LogP contribution in [-0.2, 0) is 6.54 Å². The first-order valence-electron chi connectivity index (χ1n) is 5.54. The lowest BCUT2D eigenvalue weighted by Gasteiger charge is -2.29. The van der Waals surface area contributed by atoms with Gasteiger partial charge < -0.3 is 5.32 Å². The normalized spacial score (nSPS) is 11.9. The first-order valence-corrected chi connectivity index (χ1v) is 7.02. The van der Waals surface area contributed by atoms with E-state index in [1.54, 1.807) is 11.3 Å². The number of hydrogen-bond donors (Lipinski definition) is 1. The molecule has 0 spiro atoms. The molecule has 0 amide bonds. The molecule has 3 heteroatoms. The van der Waals surface area contributed by atoms with E-state index in [0.717, 1.165) is 31.8 Å². The van der Waals surface area contributed by atoms with Gasteiger partial charge in [-0.1, -0.05) is 13.8 Å². The van der Waals surface area contributed by atoms with Crippen LogP contribution in [0.2, 0.25) is 0 Å². The maximum absolute atomic E-state index is 6.05. The Bertz CT molecular complexity index is 246. The summed E-state index contributed by atoms with van der Waals surface area (Å²) in [5, 5.41) is 7.81. The summed E-state index contributed by atoms with van der Waals surface area (Å²) < 4.78 is 0. The van der Waals surface area contributed by atoms with Crippen molar-refractivity contribution in [3.63, 3.8) is 0 Å². The fourth-order valence-electron chi connectivity index (χ4n) is 1.60. The molecule has 1 heterocycles. The van der Waals surface area contributed by atoms with Gasteiger partial charge in [0, 0.05) is 19.0 Å². The standard InChI is InChI=1S/C12H20ClNS/c1-3-12(4-2,9-13)10-14-7-11-5-6-15-8-11/h5-6,8,14H,3-4,7,9-10H2,1-2H3. The van der Waals surface area contributed by atoms with Crippen LogP contribution >= 0.6 is 22.9 Å². The average Bonchev–Trinajstić information content (AvgIpc) is 2.78. The molecule has 15 heavy (non-hydrogen) atoms. The van der Waals surface area contributed by atoms with Crippen molar-refractivity contribution in [2.45, 2.75) is 33.2 Å². The van der Waals surface area contributed by atoms with E-state index in [2.05, 4.69) is 36.0 Å². The first-order chi connectivity index (χ1) is 7.26. The maximum atomic E-state index is 6.05. The van der Waals surface area contributed by atoms with E-state index in [1.807, 2.05) is 0 Å². The summed E-state index contributed by atoms with van der Waals surface area (Å²) in [4.78, 5) is 0. The van der Waals surface area contributed by atoms with Gasteiger partial charge in [-0.15, -0.1) is 11.6 Å². The zero-order chi connectivity index (χ0) is 11.1. The molecule has 0 aliphatic heterocycles. The Morgan fingerprint density at radius 1 is 1.40 bits per heavy atom. The molecule has 1 N–H and O–H groups in total. The van der Waals surface area contributed by atoms with E-state index < -0.39 is 0 Å². The second-order valence-electron chi connectivity index (χ2n) is 4.08. The van der Waals surface area contributed by atoms with E-state index in [1.165, 1.54) is 5.56 Å². The minimum Gasteiger partial charge on any atom is -0.312 e. The molecular weight excluding hydrogens is 226 g/mol. The summed E-state index contributed by atoms with van der Waals surface area (Å²) in [6.45, 7) is 6.41. The highest BCUT2D eigenvalue weighted by atomic mass is 35.5. The number of halogens is 1. The third kappa shape index (κ3) is 3.78. The lowest BCUT2D eigenvalue weighted by Crippen LogP contribution is -2.34. The molecule has 1 aromatic rings. The maximum Gasteiger partial charge on any atom is 0.0291 e. The molecule has 86 valence electrons. The van der Waals surface area contributed by atoms with Crippen LogP contribution in [0, 0.1) is 5.41 Å². The Balaban J connectivity index is 2.34. The molecule has 1 rings (SSSR count). The van der Waals surface area contributed by atoms with E-state index in [9.17, 15) is 0 Å². The number of nitrogens with one attached hydrogen (secondary N) is 1. The molecule has 0 aliphatic carbocycles. The van der Waals surface area contributed by atoms with Crippen molar-refractivity contribution in [1.29, 1.82) is 0 Å². The topological polar surface area (TPSA) is 12.0 Å². The van der Waals surface area contributed by atoms with Crippen LogP contribution in [0.5, 0.6) is 0 Å². The monoisotopic (exact) mass is 245 g/mol. The lowest BCUT2D eigenvalue weighted by molar-refractivity contribution is 0.286. The first kappa shape index (κ1) is 13.0. The number of alkyl halides is 1. The molecule has 0 radical (unpaired) electrons. The Morgan fingerprint density at radius 3 is 2.60 bits per heavy atom. The van der Waals surface area contributed by atoms with Crippen LogP contribution in [0.1, 0.15) is 32.3 Å². The van der Waals surface area contributed by atoms with Crippen LogP contribution in [0.15, 0.2) is 16.8 Å². The average molecular weight is 246 g/mol. The second kappa shape index (κ2) is 6.51. The van der Waals surface area contributed by atoms with Gasteiger partial charge in [0.2, 0.25) is 0 Å². The summed E-state index contributed by atoms with van der Waals surface area (Å²) in [5.74, 6) is 0.747. The SMILES string of the molecule is CCC(CC)(CCl)CNCc1ccsc1. The van der Waals surface area contributed by atoms with Crippen molar-refractivity contribution in [1.82, 2.24) is 5.32 Å². The molecule has 1 aromatic heterocycles. The molecule has 0 unspecified atom stereocenters. The van der Waals surface area contributed by atoms with E-state index >= 15 is 0 Å². The zero-order valence-corrected chi connectivity index (χ0v) is 11.1. The lowest BCUT2D eigenvalue weighted by atomic mass is 9.84. The summed E-state index contributed by atoms with van der Waals surface area (Å²) >= 11 is 7.80. The Hall–Kier alpha value is -0.0500. The van der Waals surface area contributed by atoms with Crippen molar-refractivity contribution >= 4 is 22.9 Å². The molecule has 1 nitrogen and oxygen atoms in total. The van der Waals surface area contributed by atoms with Crippen molar-refractivity contribution in [3.05, 3.63) is 22.4 Å². The predicted molar refractivity (Wildman–Crippen MR) is 69.8 cm³/mol. The fraction of sp³-hybridized carbons (Fsp3) is 0.667. The number of rotatable bonds is 7. The number of hydrogen-bond acceptors (Lipinski definition) is 2. The van der Waals surface area contributed by atoms with E-state index in [-0.39, 0.29) is 5.41 Å². The zero-order valence-electron chi connectivity index (χ0n) is 9.55. The van der Waals surface area contributed by atoms with Crippen molar-refractivity contribution < 1.29 is 0 Å². The van der Waals surface area contributed by atoms with Gasteiger partial charge in [0.25, 0.3) is 0 Å². The fourth-order valence-corrected chi connectivity index (χ4v) is 2.74. The van der Waals surface area contributed by atoms with Crippen LogP contribution < -0.4 is 5.32 Å². The van der Waals surface area contributed by atoms with Crippen molar-refractivity contribution in [2.75, 3.05) is 12.4 Å². The molecule has 0 fully saturated rings. The Kier molecular flexibility index (Phi) is 5.65. The molecule has 0 bridgehead atoms. The smallest absolute Gasteiger partial charge is 0.0291 e. The summed E-state index contributed by atoms with van der Waals surface area (Å²) in [5.41, 5.74) is 1.65. The largest absolute Gasteiger partial charge is 0.312 e. The van der Waals surface area contributed by atoms with Crippen LogP contribution in [0.4, 0.5) is 0 Å². The van der Waals surface area contributed by atoms with Gasteiger partial charge in [-0.2, -0.15) is 11.3 Å². The third-order valence-electron chi connectivity index (χ3n) is 3.19. The van der Waals surface area contributed by atoms with Gasteiger partial charge in [-0.25, -0.2) is 0 Å². The highest BCUT2D eigenvalue weighted by molar-refractivity contribution is 7.07. The summed E-state index contributed by atoms with van der Waals surface area (Å²) in [6, 6.07) is 2.16. The molecule has 0 saturated carbocycles. The quantitative estimate of drug-likeness (QED) is 0.719. The van der Waals surface area contributed by atoms with E-state index in [0.29, 0.717) is 0 Å². The van der Waals surface area contributed by atoms with Crippen LogP contribution in [0.25, 0.3) is 0 Å². The molecule has 0 aliphatic rings. The van der Waals surface area contributed by atoms with Crippen LogP contribution in [0.3, 0.4) is 0 Å². The molecule has 0 saturated heterocycles. The van der Waals surface area contributed by atoms with Crippen molar-refractivity contribution in [2.24, 2.45) is 5.41 Å². The highest BCUT2D eigenvalue weighted by Crippen LogP contribution is 2.27. The van der Waals surface area contributed by atoms with Crippen molar-refractivity contribution in [3.8, 4) is 0 Å².